The largest absolute Gasteiger partial charge is 0.465 e. The molecule has 2 aliphatic heterocycles. The van der Waals surface area contributed by atoms with Crippen molar-refractivity contribution in [3.05, 3.63) is 29.8 Å². The molecule has 0 spiro atoms. The van der Waals surface area contributed by atoms with Crippen LogP contribution in [0.1, 0.15) is 76.6 Å². The molecule has 3 atom stereocenters. The number of anilines is 1. The maximum Gasteiger partial charge on any atom is 0.410 e. The molecule has 1 aromatic carbocycles. The summed E-state index contributed by atoms with van der Waals surface area (Å²) in [6, 6.07) is 7.99. The van der Waals surface area contributed by atoms with Crippen molar-refractivity contribution in [3.63, 3.8) is 0 Å². The lowest BCUT2D eigenvalue weighted by atomic mass is 9.96. The third kappa shape index (κ3) is 6.34. The minimum Gasteiger partial charge on any atom is -0.465 e. The molecule has 1 aromatic rings. The zero-order chi connectivity index (χ0) is 25.5. The molecule has 0 aliphatic carbocycles. The average Bonchev–Trinajstić information content (AvgIpc) is 3.22. The van der Waals surface area contributed by atoms with E-state index in [1.807, 2.05) is 22.8 Å². The molecule has 2 fully saturated rings. The highest BCUT2D eigenvalue weighted by Gasteiger charge is 2.38. The number of ether oxygens (including phenoxy) is 2. The Hall–Kier alpha value is -2.61. The van der Waals surface area contributed by atoms with E-state index in [0.717, 1.165) is 57.3 Å². The highest BCUT2D eigenvalue weighted by Crippen LogP contribution is 2.32. The standard InChI is InChI=1S/C27H41N3O5/c1-6-22(18-25-12-11-19(3)29(25)27(33)35-7-2)28-15-13-23(14-16-28)30(20(4)31)24-10-8-9-21(17-24)26(32)34-5/h8-10,17,19,22-23,25H,6-7,11-16,18H2,1-5H3. The number of hydrogen-bond donors (Lipinski definition) is 0. The second-order valence-corrected chi connectivity index (χ2v) is 9.68. The van der Waals surface area contributed by atoms with Crippen molar-refractivity contribution in [2.75, 3.05) is 31.7 Å². The molecular formula is C27H41N3O5. The van der Waals surface area contributed by atoms with Gasteiger partial charge in [0.25, 0.3) is 0 Å². The Morgan fingerprint density at radius 3 is 2.43 bits per heavy atom. The number of methoxy groups -OCH3 is 1. The minimum absolute atomic E-state index is 0.0254. The Morgan fingerprint density at radius 1 is 1.11 bits per heavy atom. The van der Waals surface area contributed by atoms with E-state index in [2.05, 4.69) is 18.7 Å². The van der Waals surface area contributed by atoms with Gasteiger partial charge in [0.1, 0.15) is 0 Å². The van der Waals surface area contributed by atoms with E-state index in [0.29, 0.717) is 18.2 Å². The molecule has 3 rings (SSSR count). The van der Waals surface area contributed by atoms with Crippen molar-refractivity contribution < 1.29 is 23.9 Å². The van der Waals surface area contributed by atoms with E-state index in [1.54, 1.807) is 25.1 Å². The Kier molecular flexibility index (Phi) is 9.55. The Morgan fingerprint density at radius 2 is 1.83 bits per heavy atom. The normalized spacial score (nSPS) is 22.0. The van der Waals surface area contributed by atoms with Gasteiger partial charge >= 0.3 is 12.1 Å². The summed E-state index contributed by atoms with van der Waals surface area (Å²) < 4.78 is 10.2. The second kappa shape index (κ2) is 12.4. The van der Waals surface area contributed by atoms with Gasteiger partial charge in [0.2, 0.25) is 5.91 Å². The fourth-order valence-corrected chi connectivity index (χ4v) is 5.78. The molecule has 0 aromatic heterocycles. The molecule has 194 valence electrons. The van der Waals surface area contributed by atoms with Crippen LogP contribution in [0.25, 0.3) is 0 Å². The van der Waals surface area contributed by atoms with E-state index in [-0.39, 0.29) is 30.1 Å². The summed E-state index contributed by atoms with van der Waals surface area (Å²) in [5.74, 6) is -0.434. The Bertz CT molecular complexity index is 883. The maximum absolute atomic E-state index is 12.6. The molecule has 3 unspecified atom stereocenters. The highest BCUT2D eigenvalue weighted by atomic mass is 16.6. The molecule has 2 heterocycles. The molecule has 35 heavy (non-hydrogen) atoms. The van der Waals surface area contributed by atoms with E-state index < -0.39 is 5.97 Å². The number of carbonyl (C=O) groups excluding carboxylic acids is 3. The van der Waals surface area contributed by atoms with E-state index in [1.165, 1.54) is 7.11 Å². The van der Waals surface area contributed by atoms with Gasteiger partial charge in [-0.25, -0.2) is 9.59 Å². The number of piperidine rings is 1. The summed E-state index contributed by atoms with van der Waals surface area (Å²) in [6.07, 6.45) is 5.53. The molecular weight excluding hydrogens is 446 g/mol. The van der Waals surface area contributed by atoms with Crippen LogP contribution in [0.3, 0.4) is 0 Å². The molecule has 0 saturated carbocycles. The first kappa shape index (κ1) is 27.0. The molecule has 8 nitrogen and oxygen atoms in total. The highest BCUT2D eigenvalue weighted by molar-refractivity contribution is 5.95. The monoisotopic (exact) mass is 487 g/mol. The van der Waals surface area contributed by atoms with Gasteiger partial charge in [0.05, 0.1) is 19.3 Å². The topological polar surface area (TPSA) is 79.4 Å². The molecule has 8 heteroatoms. The first-order valence-electron chi connectivity index (χ1n) is 13.0. The zero-order valence-electron chi connectivity index (χ0n) is 21.9. The number of benzene rings is 1. The van der Waals surface area contributed by atoms with Crippen LogP contribution in [0, 0.1) is 0 Å². The number of amides is 2. The number of rotatable bonds is 8. The van der Waals surface area contributed by atoms with Gasteiger partial charge in [-0.05, 0) is 70.6 Å². The number of nitrogens with zero attached hydrogens (tertiary/aromatic N) is 3. The summed E-state index contributed by atoms with van der Waals surface area (Å²) in [5.41, 5.74) is 1.17. The van der Waals surface area contributed by atoms with Crippen molar-refractivity contribution in [3.8, 4) is 0 Å². The molecule has 2 saturated heterocycles. The molecule has 2 aliphatic rings. The van der Waals surface area contributed by atoms with Gasteiger partial charge < -0.3 is 24.2 Å². The lowest BCUT2D eigenvalue weighted by molar-refractivity contribution is -0.117. The summed E-state index contributed by atoms with van der Waals surface area (Å²) in [6.45, 7) is 9.93. The summed E-state index contributed by atoms with van der Waals surface area (Å²) in [7, 11) is 1.36. The van der Waals surface area contributed by atoms with Crippen LogP contribution >= 0.6 is 0 Å². The predicted octanol–water partition coefficient (Wildman–Crippen LogP) is 4.47. The summed E-state index contributed by atoms with van der Waals surface area (Å²) in [5, 5.41) is 0. The molecule has 0 bridgehead atoms. The SMILES string of the molecule is CCOC(=O)N1C(C)CCC1CC(CC)N1CCC(N(C(C)=O)c2cccc(C(=O)OC)c2)CC1. The van der Waals surface area contributed by atoms with Crippen LogP contribution in [0.4, 0.5) is 10.5 Å². The van der Waals surface area contributed by atoms with Gasteiger partial charge in [-0.3, -0.25) is 4.79 Å². The minimum atomic E-state index is -0.408. The lowest BCUT2D eigenvalue weighted by Crippen LogP contribution is -2.51. The number of esters is 1. The van der Waals surface area contributed by atoms with Gasteiger partial charge in [0, 0.05) is 49.9 Å². The number of carbonyl (C=O) groups is 3. The zero-order valence-corrected chi connectivity index (χ0v) is 21.9. The van der Waals surface area contributed by atoms with E-state index in [4.69, 9.17) is 9.47 Å². The van der Waals surface area contributed by atoms with Gasteiger partial charge in [-0.2, -0.15) is 0 Å². The third-order valence-corrected chi connectivity index (χ3v) is 7.55. The van der Waals surface area contributed by atoms with Crippen LogP contribution in [-0.4, -0.2) is 78.7 Å². The van der Waals surface area contributed by atoms with E-state index in [9.17, 15) is 14.4 Å². The van der Waals surface area contributed by atoms with Crippen molar-refractivity contribution in [1.82, 2.24) is 9.80 Å². The van der Waals surface area contributed by atoms with Crippen LogP contribution in [0.2, 0.25) is 0 Å². The smallest absolute Gasteiger partial charge is 0.410 e. The van der Waals surface area contributed by atoms with Crippen LogP contribution in [-0.2, 0) is 14.3 Å². The lowest BCUT2D eigenvalue weighted by Gasteiger charge is -2.42. The summed E-state index contributed by atoms with van der Waals surface area (Å²) >= 11 is 0. The molecule has 2 amide bonds. The quantitative estimate of drug-likeness (QED) is 0.504. The second-order valence-electron chi connectivity index (χ2n) is 9.68. The molecule has 0 N–H and O–H groups in total. The first-order valence-corrected chi connectivity index (χ1v) is 13.0. The van der Waals surface area contributed by atoms with Crippen LogP contribution in [0.5, 0.6) is 0 Å². The number of hydrogen-bond acceptors (Lipinski definition) is 6. The van der Waals surface area contributed by atoms with Crippen LogP contribution in [0.15, 0.2) is 24.3 Å². The first-order chi connectivity index (χ1) is 16.8. The number of likely N-dealkylation sites (tertiary alicyclic amines) is 2. The van der Waals surface area contributed by atoms with E-state index >= 15 is 0 Å². The molecule has 0 radical (unpaired) electrons. The fourth-order valence-electron chi connectivity index (χ4n) is 5.78. The van der Waals surface area contributed by atoms with Crippen LogP contribution < -0.4 is 4.90 Å². The summed E-state index contributed by atoms with van der Waals surface area (Å²) in [4.78, 5) is 43.4. The van der Waals surface area contributed by atoms with Crippen molar-refractivity contribution in [2.45, 2.75) is 90.4 Å². The van der Waals surface area contributed by atoms with Gasteiger partial charge in [-0.15, -0.1) is 0 Å². The Labute approximate surface area is 209 Å². The average molecular weight is 488 g/mol. The van der Waals surface area contributed by atoms with Crippen molar-refractivity contribution in [2.24, 2.45) is 0 Å². The van der Waals surface area contributed by atoms with Crippen molar-refractivity contribution in [1.29, 1.82) is 0 Å². The maximum atomic E-state index is 12.6. The Balaban J connectivity index is 1.65. The fraction of sp³-hybridized carbons (Fsp3) is 0.667. The van der Waals surface area contributed by atoms with Gasteiger partial charge in [-0.1, -0.05) is 13.0 Å². The third-order valence-electron chi connectivity index (χ3n) is 7.55. The van der Waals surface area contributed by atoms with Gasteiger partial charge in [0.15, 0.2) is 0 Å². The predicted molar refractivity (Wildman–Crippen MR) is 136 cm³/mol. The van der Waals surface area contributed by atoms with Crippen molar-refractivity contribution >= 4 is 23.7 Å².